The molecule has 1 aliphatic heterocycles. The Morgan fingerprint density at radius 3 is 2.73 bits per heavy atom. The number of nitrogens with one attached hydrogen (secondary N) is 2. The van der Waals surface area contributed by atoms with E-state index in [0.717, 1.165) is 31.1 Å². The van der Waals surface area contributed by atoms with Crippen LogP contribution < -0.4 is 10.6 Å². The number of amides is 1. The second-order valence-corrected chi connectivity index (χ2v) is 7.26. The molecule has 2 N–H and O–H groups in total. The summed E-state index contributed by atoms with van der Waals surface area (Å²) in [7, 11) is 2.15. The highest BCUT2D eigenvalue weighted by molar-refractivity contribution is 6.34. The second-order valence-electron chi connectivity index (χ2n) is 6.85. The molecule has 4 nitrogen and oxygen atoms in total. The number of piperidine rings is 1. The standard InChI is InChI=1S/C20H23ClFN3O/c1-13-10-17(8-9-25(13)2)23-15-4-3-5-16(12-15)24-20(26)18-7-6-14(22)11-19(18)21/h3-7,11-13,17,23H,8-10H2,1-2H3,(H,24,26)/t13-,17-/m1/s1. The molecule has 1 fully saturated rings. The van der Waals surface area contributed by atoms with Crippen LogP contribution in [-0.2, 0) is 0 Å². The average molecular weight is 376 g/mol. The van der Waals surface area contributed by atoms with E-state index in [4.69, 9.17) is 11.6 Å². The number of nitrogens with zero attached hydrogens (tertiary/aromatic N) is 1. The van der Waals surface area contributed by atoms with E-state index >= 15 is 0 Å². The van der Waals surface area contributed by atoms with Crippen LogP contribution in [0.25, 0.3) is 0 Å². The van der Waals surface area contributed by atoms with E-state index in [1.54, 1.807) is 0 Å². The van der Waals surface area contributed by atoms with Gasteiger partial charge in [0.1, 0.15) is 5.82 Å². The van der Waals surface area contributed by atoms with Gasteiger partial charge in [-0.25, -0.2) is 4.39 Å². The van der Waals surface area contributed by atoms with Crippen molar-refractivity contribution in [3.8, 4) is 0 Å². The summed E-state index contributed by atoms with van der Waals surface area (Å²) >= 11 is 5.96. The summed E-state index contributed by atoms with van der Waals surface area (Å²) in [5, 5.41) is 6.46. The molecule has 0 radical (unpaired) electrons. The van der Waals surface area contributed by atoms with Gasteiger partial charge in [0.05, 0.1) is 10.6 Å². The molecule has 0 aromatic heterocycles. The zero-order valence-electron chi connectivity index (χ0n) is 14.9. The summed E-state index contributed by atoms with van der Waals surface area (Å²) < 4.78 is 13.1. The minimum Gasteiger partial charge on any atom is -0.382 e. The van der Waals surface area contributed by atoms with Crippen LogP contribution in [-0.4, -0.2) is 36.5 Å². The molecule has 0 saturated carbocycles. The fourth-order valence-corrected chi connectivity index (χ4v) is 3.47. The van der Waals surface area contributed by atoms with Crippen molar-refractivity contribution in [1.29, 1.82) is 0 Å². The van der Waals surface area contributed by atoms with Crippen molar-refractivity contribution in [1.82, 2.24) is 4.90 Å². The maximum Gasteiger partial charge on any atom is 0.257 e. The van der Waals surface area contributed by atoms with E-state index in [1.165, 1.54) is 12.1 Å². The molecular weight excluding hydrogens is 353 g/mol. The third-order valence-corrected chi connectivity index (χ3v) is 5.19. The van der Waals surface area contributed by atoms with E-state index in [-0.39, 0.29) is 16.5 Å². The molecule has 0 unspecified atom stereocenters. The Balaban J connectivity index is 1.66. The predicted octanol–water partition coefficient (Wildman–Crippen LogP) is 4.63. The van der Waals surface area contributed by atoms with Crippen LogP contribution in [0.5, 0.6) is 0 Å². The topological polar surface area (TPSA) is 44.4 Å². The molecule has 1 heterocycles. The molecular formula is C20H23ClFN3O. The first kappa shape index (κ1) is 18.7. The summed E-state index contributed by atoms with van der Waals surface area (Å²) in [6.07, 6.45) is 2.17. The Labute approximate surface area is 158 Å². The molecule has 1 amide bonds. The first-order valence-electron chi connectivity index (χ1n) is 8.75. The second kappa shape index (κ2) is 8.06. The SMILES string of the molecule is C[C@@H]1C[C@H](Nc2cccc(NC(=O)c3ccc(F)cc3Cl)c2)CCN1C. The minimum atomic E-state index is -0.467. The first-order chi connectivity index (χ1) is 12.4. The molecule has 6 heteroatoms. The van der Waals surface area contributed by atoms with Gasteiger partial charge in [-0.05, 0) is 63.2 Å². The largest absolute Gasteiger partial charge is 0.382 e. The molecule has 2 aromatic rings. The first-order valence-corrected chi connectivity index (χ1v) is 9.13. The lowest BCUT2D eigenvalue weighted by molar-refractivity contribution is 0.102. The van der Waals surface area contributed by atoms with Crippen LogP contribution in [0.3, 0.4) is 0 Å². The molecule has 2 aromatic carbocycles. The number of carbonyl (C=O) groups is 1. The molecule has 0 aliphatic carbocycles. The molecule has 3 rings (SSSR count). The quantitative estimate of drug-likeness (QED) is 0.819. The fraction of sp³-hybridized carbons (Fsp3) is 0.350. The van der Waals surface area contributed by atoms with Gasteiger partial charge in [0.25, 0.3) is 5.91 Å². The summed E-state index contributed by atoms with van der Waals surface area (Å²) in [5.74, 6) is -0.829. The van der Waals surface area contributed by atoms with E-state index in [9.17, 15) is 9.18 Å². The van der Waals surface area contributed by atoms with Crippen molar-refractivity contribution in [2.24, 2.45) is 0 Å². The zero-order valence-corrected chi connectivity index (χ0v) is 15.7. The molecule has 26 heavy (non-hydrogen) atoms. The van der Waals surface area contributed by atoms with Crippen molar-refractivity contribution in [2.45, 2.75) is 31.8 Å². The van der Waals surface area contributed by atoms with E-state index in [2.05, 4.69) is 29.5 Å². The highest BCUT2D eigenvalue weighted by atomic mass is 35.5. The summed E-state index contributed by atoms with van der Waals surface area (Å²) in [4.78, 5) is 14.7. The Morgan fingerprint density at radius 2 is 2.00 bits per heavy atom. The van der Waals surface area contributed by atoms with Gasteiger partial charge in [-0.15, -0.1) is 0 Å². The van der Waals surface area contributed by atoms with E-state index in [0.29, 0.717) is 17.8 Å². The minimum absolute atomic E-state index is 0.0945. The number of halogens is 2. The molecule has 2 atom stereocenters. The van der Waals surface area contributed by atoms with Crippen molar-refractivity contribution in [3.05, 3.63) is 58.9 Å². The lowest BCUT2D eigenvalue weighted by Gasteiger charge is -2.35. The van der Waals surface area contributed by atoms with Crippen LogP contribution in [0.2, 0.25) is 5.02 Å². The van der Waals surface area contributed by atoms with Gasteiger partial charge in [-0.3, -0.25) is 4.79 Å². The number of rotatable bonds is 4. The van der Waals surface area contributed by atoms with Crippen molar-refractivity contribution < 1.29 is 9.18 Å². The number of hydrogen-bond donors (Lipinski definition) is 2. The Bertz CT molecular complexity index is 798. The highest BCUT2D eigenvalue weighted by Crippen LogP contribution is 2.23. The van der Waals surface area contributed by atoms with Crippen LogP contribution in [0, 0.1) is 5.82 Å². The molecule has 1 saturated heterocycles. The van der Waals surface area contributed by atoms with Gasteiger partial charge in [-0.1, -0.05) is 17.7 Å². The van der Waals surface area contributed by atoms with Gasteiger partial charge in [0, 0.05) is 30.0 Å². The normalized spacial score (nSPS) is 20.6. The molecule has 1 aliphatic rings. The summed E-state index contributed by atoms with van der Waals surface area (Å²) in [6, 6.07) is 12.3. The Hall–Kier alpha value is -2.11. The third-order valence-electron chi connectivity index (χ3n) is 4.88. The van der Waals surface area contributed by atoms with Gasteiger partial charge >= 0.3 is 0 Å². The predicted molar refractivity (Wildman–Crippen MR) is 105 cm³/mol. The molecule has 0 spiro atoms. The van der Waals surface area contributed by atoms with Gasteiger partial charge in [0.15, 0.2) is 0 Å². The van der Waals surface area contributed by atoms with Crippen LogP contribution in [0.1, 0.15) is 30.1 Å². The number of anilines is 2. The lowest BCUT2D eigenvalue weighted by Crippen LogP contribution is -2.42. The highest BCUT2D eigenvalue weighted by Gasteiger charge is 2.22. The van der Waals surface area contributed by atoms with Gasteiger partial charge in [0.2, 0.25) is 0 Å². The van der Waals surface area contributed by atoms with Crippen molar-refractivity contribution in [2.75, 3.05) is 24.2 Å². The monoisotopic (exact) mass is 375 g/mol. The van der Waals surface area contributed by atoms with Gasteiger partial charge in [-0.2, -0.15) is 0 Å². The average Bonchev–Trinajstić information content (AvgIpc) is 2.58. The third kappa shape index (κ3) is 4.54. The van der Waals surface area contributed by atoms with Crippen molar-refractivity contribution in [3.63, 3.8) is 0 Å². The number of hydrogen-bond acceptors (Lipinski definition) is 3. The van der Waals surface area contributed by atoms with Gasteiger partial charge < -0.3 is 15.5 Å². The smallest absolute Gasteiger partial charge is 0.257 e. The Kier molecular flexibility index (Phi) is 5.79. The summed E-state index contributed by atoms with van der Waals surface area (Å²) in [5.41, 5.74) is 1.88. The zero-order chi connectivity index (χ0) is 18.7. The Morgan fingerprint density at radius 1 is 1.23 bits per heavy atom. The number of carbonyl (C=O) groups excluding carboxylic acids is 1. The van der Waals surface area contributed by atoms with Crippen molar-refractivity contribution >= 4 is 28.9 Å². The maximum absolute atomic E-state index is 13.1. The number of benzene rings is 2. The molecule has 138 valence electrons. The fourth-order valence-electron chi connectivity index (χ4n) is 3.21. The van der Waals surface area contributed by atoms with E-state index < -0.39 is 5.82 Å². The maximum atomic E-state index is 13.1. The number of likely N-dealkylation sites (tertiary alicyclic amines) is 1. The lowest BCUT2D eigenvalue weighted by atomic mass is 9.98. The van der Waals surface area contributed by atoms with Crippen LogP contribution >= 0.6 is 11.6 Å². The van der Waals surface area contributed by atoms with E-state index in [1.807, 2.05) is 24.3 Å². The van der Waals surface area contributed by atoms with Crippen LogP contribution in [0.4, 0.5) is 15.8 Å². The molecule has 0 bridgehead atoms. The van der Waals surface area contributed by atoms with Crippen LogP contribution in [0.15, 0.2) is 42.5 Å². The summed E-state index contributed by atoms with van der Waals surface area (Å²) in [6.45, 7) is 3.30.